The van der Waals surface area contributed by atoms with Crippen molar-refractivity contribution in [1.29, 1.82) is 0 Å². The molecule has 0 unspecified atom stereocenters. The lowest BCUT2D eigenvalue weighted by Gasteiger charge is -2.17. The molecule has 0 aliphatic rings. The topological polar surface area (TPSA) is 12.0 Å². The number of rotatable bonds is 4. The standard InChI is InChI=1S/C17H22BrNSi/c1-13-5-8-15(11-17(13)18)19-12-14-6-9-16(10-7-14)20(2,3)4/h5-11,19H,12H2,1-4H3. The van der Waals surface area contributed by atoms with Gasteiger partial charge in [-0.15, -0.1) is 0 Å². The van der Waals surface area contributed by atoms with Crippen LogP contribution in [0.2, 0.25) is 19.6 Å². The van der Waals surface area contributed by atoms with E-state index in [9.17, 15) is 0 Å². The Morgan fingerprint density at radius 1 is 1.00 bits per heavy atom. The zero-order chi connectivity index (χ0) is 14.8. The van der Waals surface area contributed by atoms with Gasteiger partial charge in [-0.25, -0.2) is 0 Å². The third-order valence-electron chi connectivity index (χ3n) is 3.49. The Balaban J connectivity index is 2.02. The largest absolute Gasteiger partial charge is 0.381 e. The Labute approximate surface area is 131 Å². The van der Waals surface area contributed by atoms with Crippen LogP contribution >= 0.6 is 15.9 Å². The van der Waals surface area contributed by atoms with Gasteiger partial charge in [-0.05, 0) is 30.2 Å². The van der Waals surface area contributed by atoms with Gasteiger partial charge in [-0.1, -0.05) is 71.1 Å². The SMILES string of the molecule is Cc1ccc(NCc2ccc([Si](C)(C)C)cc2)cc1Br. The monoisotopic (exact) mass is 347 g/mol. The summed E-state index contributed by atoms with van der Waals surface area (Å²) in [4.78, 5) is 0. The number of halogens is 1. The number of hydrogen-bond donors (Lipinski definition) is 1. The van der Waals surface area contributed by atoms with Crippen molar-refractivity contribution in [2.75, 3.05) is 5.32 Å². The minimum Gasteiger partial charge on any atom is -0.381 e. The molecule has 3 heteroatoms. The van der Waals surface area contributed by atoms with Gasteiger partial charge >= 0.3 is 0 Å². The Bertz CT molecular complexity index is 585. The fraction of sp³-hybridized carbons (Fsp3) is 0.294. The fourth-order valence-electron chi connectivity index (χ4n) is 2.03. The first-order valence-corrected chi connectivity index (χ1v) is 11.2. The average molecular weight is 348 g/mol. The van der Waals surface area contributed by atoms with Crippen LogP contribution in [0.15, 0.2) is 46.9 Å². The minimum atomic E-state index is -1.18. The van der Waals surface area contributed by atoms with Crippen LogP contribution in [-0.4, -0.2) is 8.07 Å². The molecule has 0 spiro atoms. The number of benzene rings is 2. The summed E-state index contributed by atoms with van der Waals surface area (Å²) in [7, 11) is -1.18. The third-order valence-corrected chi connectivity index (χ3v) is 6.41. The maximum absolute atomic E-state index is 3.57. The Morgan fingerprint density at radius 3 is 2.20 bits per heavy atom. The van der Waals surface area contributed by atoms with Gasteiger partial charge in [0.25, 0.3) is 0 Å². The van der Waals surface area contributed by atoms with Crippen molar-refractivity contribution in [1.82, 2.24) is 0 Å². The highest BCUT2D eigenvalue weighted by molar-refractivity contribution is 9.10. The minimum absolute atomic E-state index is 0.863. The Hall–Kier alpha value is -1.06. The van der Waals surface area contributed by atoms with Crippen LogP contribution in [0, 0.1) is 6.92 Å². The highest BCUT2D eigenvalue weighted by Crippen LogP contribution is 2.21. The molecule has 0 radical (unpaired) electrons. The predicted molar refractivity (Wildman–Crippen MR) is 95.6 cm³/mol. The van der Waals surface area contributed by atoms with E-state index >= 15 is 0 Å². The molecule has 2 aromatic rings. The van der Waals surface area contributed by atoms with E-state index < -0.39 is 8.07 Å². The molecule has 0 aromatic heterocycles. The van der Waals surface area contributed by atoms with Gasteiger partial charge in [0.05, 0.1) is 8.07 Å². The first-order valence-electron chi connectivity index (χ1n) is 6.96. The summed E-state index contributed by atoms with van der Waals surface area (Å²) >= 11 is 3.57. The van der Waals surface area contributed by atoms with E-state index in [2.05, 4.69) is 90.3 Å². The molecule has 20 heavy (non-hydrogen) atoms. The van der Waals surface area contributed by atoms with Gasteiger partial charge in [-0.2, -0.15) is 0 Å². The summed E-state index contributed by atoms with van der Waals surface area (Å²) in [6.07, 6.45) is 0. The van der Waals surface area contributed by atoms with Crippen molar-refractivity contribution in [3.63, 3.8) is 0 Å². The molecule has 106 valence electrons. The molecule has 1 nitrogen and oxygen atoms in total. The summed E-state index contributed by atoms with van der Waals surface area (Å²) in [5, 5.41) is 4.98. The Morgan fingerprint density at radius 2 is 1.65 bits per heavy atom. The molecule has 2 aromatic carbocycles. The van der Waals surface area contributed by atoms with E-state index in [1.165, 1.54) is 16.3 Å². The van der Waals surface area contributed by atoms with Crippen molar-refractivity contribution in [2.24, 2.45) is 0 Å². The lowest BCUT2D eigenvalue weighted by atomic mass is 10.2. The number of aryl methyl sites for hydroxylation is 1. The van der Waals surface area contributed by atoms with Crippen LogP contribution in [0.1, 0.15) is 11.1 Å². The second-order valence-electron chi connectivity index (χ2n) is 6.26. The van der Waals surface area contributed by atoms with E-state index in [0.29, 0.717) is 0 Å². The van der Waals surface area contributed by atoms with Crippen molar-refractivity contribution in [2.45, 2.75) is 33.1 Å². The Kier molecular flexibility index (Phi) is 4.71. The molecule has 0 fully saturated rings. The highest BCUT2D eigenvalue weighted by atomic mass is 79.9. The van der Waals surface area contributed by atoms with Gasteiger partial charge in [0.1, 0.15) is 0 Å². The van der Waals surface area contributed by atoms with Crippen LogP contribution in [0.5, 0.6) is 0 Å². The predicted octanol–water partition coefficient (Wildman–Crippen LogP) is 4.91. The van der Waals surface area contributed by atoms with E-state index in [4.69, 9.17) is 0 Å². The maximum atomic E-state index is 3.57. The molecular weight excluding hydrogens is 326 g/mol. The van der Waals surface area contributed by atoms with Gasteiger partial charge < -0.3 is 5.32 Å². The normalized spacial score (nSPS) is 11.4. The van der Waals surface area contributed by atoms with Gasteiger partial charge in [0.15, 0.2) is 0 Å². The van der Waals surface area contributed by atoms with Crippen molar-refractivity contribution in [3.8, 4) is 0 Å². The molecule has 0 atom stereocenters. The molecular formula is C17H22BrNSi. The van der Waals surface area contributed by atoms with Gasteiger partial charge in [0.2, 0.25) is 0 Å². The molecule has 0 aliphatic carbocycles. The zero-order valence-electron chi connectivity index (χ0n) is 12.6. The second-order valence-corrected chi connectivity index (χ2v) is 12.2. The first-order chi connectivity index (χ1) is 9.36. The molecule has 0 saturated carbocycles. The highest BCUT2D eigenvalue weighted by Gasteiger charge is 2.15. The van der Waals surface area contributed by atoms with Crippen LogP contribution in [0.4, 0.5) is 5.69 Å². The lowest BCUT2D eigenvalue weighted by Crippen LogP contribution is -2.37. The van der Waals surface area contributed by atoms with E-state index in [0.717, 1.165) is 16.7 Å². The van der Waals surface area contributed by atoms with Crippen molar-refractivity contribution in [3.05, 3.63) is 58.1 Å². The average Bonchev–Trinajstić information content (AvgIpc) is 2.40. The van der Waals surface area contributed by atoms with Crippen LogP contribution in [0.25, 0.3) is 0 Å². The molecule has 1 N–H and O–H groups in total. The molecule has 0 bridgehead atoms. The summed E-state index contributed by atoms with van der Waals surface area (Å²) in [6, 6.07) is 15.4. The molecule has 0 amide bonds. The van der Waals surface area contributed by atoms with Crippen molar-refractivity contribution < 1.29 is 0 Å². The number of hydrogen-bond acceptors (Lipinski definition) is 1. The number of nitrogens with one attached hydrogen (secondary N) is 1. The van der Waals surface area contributed by atoms with Crippen LogP contribution in [0.3, 0.4) is 0 Å². The summed E-state index contributed by atoms with van der Waals surface area (Å²) in [5.41, 5.74) is 3.73. The van der Waals surface area contributed by atoms with E-state index in [-0.39, 0.29) is 0 Å². The second kappa shape index (κ2) is 6.14. The summed E-state index contributed by atoms with van der Waals surface area (Å²) in [5.74, 6) is 0. The smallest absolute Gasteiger partial charge is 0.0775 e. The van der Waals surface area contributed by atoms with Crippen molar-refractivity contribution >= 4 is 34.9 Å². The third kappa shape index (κ3) is 3.97. The maximum Gasteiger partial charge on any atom is 0.0775 e. The van der Waals surface area contributed by atoms with E-state index in [1.807, 2.05) is 0 Å². The first kappa shape index (κ1) is 15.3. The lowest BCUT2D eigenvalue weighted by molar-refractivity contribution is 1.15. The summed E-state index contributed by atoms with van der Waals surface area (Å²) in [6.45, 7) is 10.1. The van der Waals surface area contributed by atoms with Gasteiger partial charge in [0, 0.05) is 16.7 Å². The molecule has 0 aliphatic heterocycles. The summed E-state index contributed by atoms with van der Waals surface area (Å²) < 4.78 is 1.15. The van der Waals surface area contributed by atoms with E-state index in [1.54, 1.807) is 0 Å². The quantitative estimate of drug-likeness (QED) is 0.774. The molecule has 2 rings (SSSR count). The number of anilines is 1. The molecule has 0 saturated heterocycles. The van der Waals surface area contributed by atoms with Crippen LogP contribution < -0.4 is 10.5 Å². The zero-order valence-corrected chi connectivity index (χ0v) is 15.2. The van der Waals surface area contributed by atoms with Crippen LogP contribution in [-0.2, 0) is 6.54 Å². The molecule has 0 heterocycles. The van der Waals surface area contributed by atoms with Gasteiger partial charge in [-0.3, -0.25) is 0 Å². The fourth-order valence-corrected chi connectivity index (χ4v) is 3.57.